The number of benzene rings is 3. The minimum atomic E-state index is -3.48. The molecular weight excluding hydrogens is 498 g/mol. The van der Waals surface area contributed by atoms with Crippen LogP contribution >= 0.6 is 0 Å². The zero-order valence-electron chi connectivity index (χ0n) is 22.0. The number of piperazine rings is 1. The third kappa shape index (κ3) is 7.94. The summed E-state index contributed by atoms with van der Waals surface area (Å²) >= 11 is 0. The number of sulfonamides is 1. The van der Waals surface area contributed by atoms with Crippen molar-refractivity contribution in [2.45, 2.75) is 13.5 Å². The van der Waals surface area contributed by atoms with Crippen molar-refractivity contribution in [1.82, 2.24) is 9.80 Å². The maximum absolute atomic E-state index is 12.7. The van der Waals surface area contributed by atoms with E-state index in [2.05, 4.69) is 29.2 Å². The summed E-state index contributed by atoms with van der Waals surface area (Å²) < 4.78 is 32.0. The number of carbonyl (C=O) groups excluding carboxylic acids is 1. The normalized spacial score (nSPS) is 14.5. The molecule has 3 aromatic rings. The van der Waals surface area contributed by atoms with E-state index in [0.717, 1.165) is 30.8 Å². The summed E-state index contributed by atoms with van der Waals surface area (Å²) in [4.78, 5) is 16.9. The van der Waals surface area contributed by atoms with Crippen LogP contribution in [0.25, 0.3) is 6.08 Å². The van der Waals surface area contributed by atoms with E-state index >= 15 is 0 Å². The molecule has 1 aliphatic rings. The molecule has 0 unspecified atom stereocenters. The standard InChI is InChI=1S/C30H35N3O4S/c1-25-10-12-27(13-11-25)23-33(38(2,35)36)28-14-16-29(17-15-28)37-24-30(34)32-21-19-31(20-22-32)18-6-9-26-7-4-3-5-8-26/h3-17H,18-24H2,1-2H3/b9-6+. The third-order valence-electron chi connectivity index (χ3n) is 6.53. The second-order valence-corrected chi connectivity index (χ2v) is 11.4. The molecule has 1 heterocycles. The summed E-state index contributed by atoms with van der Waals surface area (Å²) in [5.74, 6) is 0.473. The molecule has 0 bridgehead atoms. The summed E-state index contributed by atoms with van der Waals surface area (Å²) in [6.07, 6.45) is 5.48. The Kier molecular flexibility index (Phi) is 9.20. The van der Waals surface area contributed by atoms with Gasteiger partial charge in [0, 0.05) is 32.7 Å². The van der Waals surface area contributed by atoms with Gasteiger partial charge in [0.2, 0.25) is 10.0 Å². The topological polar surface area (TPSA) is 70.2 Å². The first-order chi connectivity index (χ1) is 18.3. The number of hydrogen-bond acceptors (Lipinski definition) is 5. The summed E-state index contributed by atoms with van der Waals surface area (Å²) in [6, 6.07) is 24.8. The fourth-order valence-corrected chi connectivity index (χ4v) is 5.17. The molecule has 1 fully saturated rings. The van der Waals surface area contributed by atoms with Crippen LogP contribution in [0.2, 0.25) is 0 Å². The quantitative estimate of drug-likeness (QED) is 0.391. The van der Waals surface area contributed by atoms with Crippen molar-refractivity contribution < 1.29 is 17.9 Å². The van der Waals surface area contributed by atoms with Crippen LogP contribution in [0.5, 0.6) is 5.75 Å². The Bertz CT molecular complexity index is 1320. The molecule has 0 N–H and O–H groups in total. The number of rotatable bonds is 10. The van der Waals surface area contributed by atoms with Crippen LogP contribution in [0, 0.1) is 6.92 Å². The van der Waals surface area contributed by atoms with Gasteiger partial charge in [0.05, 0.1) is 18.5 Å². The van der Waals surface area contributed by atoms with Gasteiger partial charge in [-0.05, 0) is 42.3 Å². The van der Waals surface area contributed by atoms with Gasteiger partial charge in [0.25, 0.3) is 5.91 Å². The first-order valence-corrected chi connectivity index (χ1v) is 14.6. The van der Waals surface area contributed by atoms with Gasteiger partial charge in [-0.1, -0.05) is 72.3 Å². The molecule has 0 aromatic heterocycles. The number of anilines is 1. The van der Waals surface area contributed by atoms with Crippen LogP contribution in [0.15, 0.2) is 84.9 Å². The number of nitrogens with zero attached hydrogens (tertiary/aromatic N) is 3. The Morgan fingerprint density at radius 2 is 1.58 bits per heavy atom. The maximum atomic E-state index is 12.7. The molecule has 1 amide bonds. The van der Waals surface area contributed by atoms with E-state index in [1.807, 2.05) is 54.3 Å². The predicted molar refractivity (Wildman–Crippen MR) is 153 cm³/mol. The molecule has 1 aliphatic heterocycles. The molecule has 200 valence electrons. The van der Waals surface area contributed by atoms with E-state index < -0.39 is 10.0 Å². The molecule has 4 rings (SSSR count). The highest BCUT2D eigenvalue weighted by atomic mass is 32.2. The molecule has 0 atom stereocenters. The fraction of sp³-hybridized carbons (Fsp3) is 0.300. The highest BCUT2D eigenvalue weighted by Crippen LogP contribution is 2.24. The molecule has 1 saturated heterocycles. The Morgan fingerprint density at radius 1 is 0.921 bits per heavy atom. The number of aryl methyl sites for hydroxylation is 1. The van der Waals surface area contributed by atoms with Gasteiger partial charge in [0.15, 0.2) is 6.61 Å². The van der Waals surface area contributed by atoms with Gasteiger partial charge in [-0.25, -0.2) is 8.42 Å². The van der Waals surface area contributed by atoms with Crippen LogP contribution in [0.1, 0.15) is 16.7 Å². The van der Waals surface area contributed by atoms with Gasteiger partial charge >= 0.3 is 0 Å². The van der Waals surface area contributed by atoms with Gasteiger partial charge in [-0.15, -0.1) is 0 Å². The van der Waals surface area contributed by atoms with Crippen LogP contribution in [0.4, 0.5) is 5.69 Å². The van der Waals surface area contributed by atoms with E-state index in [-0.39, 0.29) is 19.1 Å². The zero-order chi connectivity index (χ0) is 27.0. The largest absolute Gasteiger partial charge is 0.484 e. The second-order valence-electron chi connectivity index (χ2n) is 9.53. The number of ether oxygens (including phenoxy) is 1. The summed E-state index contributed by atoms with van der Waals surface area (Å²) in [7, 11) is -3.48. The first-order valence-electron chi connectivity index (χ1n) is 12.8. The molecule has 0 aliphatic carbocycles. The lowest BCUT2D eigenvalue weighted by Gasteiger charge is -2.34. The van der Waals surface area contributed by atoms with Crippen LogP contribution < -0.4 is 9.04 Å². The van der Waals surface area contributed by atoms with Crippen molar-refractivity contribution in [3.63, 3.8) is 0 Å². The Balaban J connectivity index is 1.25. The second kappa shape index (κ2) is 12.8. The molecule has 0 radical (unpaired) electrons. The molecule has 0 spiro atoms. The average Bonchev–Trinajstić information content (AvgIpc) is 2.92. The maximum Gasteiger partial charge on any atom is 0.260 e. The monoisotopic (exact) mass is 533 g/mol. The molecular formula is C30H35N3O4S. The average molecular weight is 534 g/mol. The third-order valence-corrected chi connectivity index (χ3v) is 7.67. The summed E-state index contributed by atoms with van der Waals surface area (Å²) in [5, 5.41) is 0. The first kappa shape index (κ1) is 27.4. The molecule has 7 nitrogen and oxygen atoms in total. The number of carbonyl (C=O) groups is 1. The van der Waals surface area contributed by atoms with Crippen molar-refractivity contribution in [1.29, 1.82) is 0 Å². The zero-order valence-corrected chi connectivity index (χ0v) is 22.8. The smallest absolute Gasteiger partial charge is 0.260 e. The number of amides is 1. The molecule has 3 aromatic carbocycles. The summed E-state index contributed by atoms with van der Waals surface area (Å²) in [5.41, 5.74) is 3.75. The highest BCUT2D eigenvalue weighted by molar-refractivity contribution is 7.92. The molecule has 8 heteroatoms. The Labute approximate surface area is 226 Å². The van der Waals surface area contributed by atoms with Crippen molar-refractivity contribution in [2.75, 3.05) is 49.9 Å². The number of hydrogen-bond donors (Lipinski definition) is 0. The van der Waals surface area contributed by atoms with E-state index in [1.165, 1.54) is 16.1 Å². The van der Waals surface area contributed by atoms with Crippen LogP contribution in [0.3, 0.4) is 0 Å². The Morgan fingerprint density at radius 3 is 2.21 bits per heavy atom. The van der Waals surface area contributed by atoms with Crippen LogP contribution in [-0.2, 0) is 21.4 Å². The molecule has 38 heavy (non-hydrogen) atoms. The SMILES string of the molecule is Cc1ccc(CN(c2ccc(OCC(=O)N3CCN(C/C=C/c4ccccc4)CC3)cc2)S(C)(=O)=O)cc1. The van der Waals surface area contributed by atoms with Crippen molar-refractivity contribution in [3.8, 4) is 5.75 Å². The van der Waals surface area contributed by atoms with Crippen molar-refractivity contribution in [3.05, 3.63) is 102 Å². The van der Waals surface area contributed by atoms with E-state index in [1.54, 1.807) is 24.3 Å². The predicted octanol–water partition coefficient (Wildman–Crippen LogP) is 4.20. The van der Waals surface area contributed by atoms with E-state index in [9.17, 15) is 13.2 Å². The fourth-order valence-electron chi connectivity index (χ4n) is 4.29. The lowest BCUT2D eigenvalue weighted by atomic mass is 10.1. The van der Waals surface area contributed by atoms with E-state index in [0.29, 0.717) is 24.5 Å². The lowest BCUT2D eigenvalue weighted by molar-refractivity contribution is -0.135. The van der Waals surface area contributed by atoms with Crippen molar-refractivity contribution >= 4 is 27.7 Å². The van der Waals surface area contributed by atoms with Crippen LogP contribution in [-0.4, -0.2) is 69.7 Å². The van der Waals surface area contributed by atoms with Crippen molar-refractivity contribution in [2.24, 2.45) is 0 Å². The lowest BCUT2D eigenvalue weighted by Crippen LogP contribution is -2.49. The Hall–Kier alpha value is -3.62. The minimum Gasteiger partial charge on any atom is -0.484 e. The van der Waals surface area contributed by atoms with Gasteiger partial charge in [-0.2, -0.15) is 0 Å². The molecule has 0 saturated carbocycles. The van der Waals surface area contributed by atoms with Gasteiger partial charge in [-0.3, -0.25) is 14.0 Å². The van der Waals surface area contributed by atoms with E-state index in [4.69, 9.17) is 4.74 Å². The van der Waals surface area contributed by atoms with Gasteiger partial charge < -0.3 is 9.64 Å². The highest BCUT2D eigenvalue weighted by Gasteiger charge is 2.21. The summed E-state index contributed by atoms with van der Waals surface area (Å²) in [6.45, 7) is 6.02. The van der Waals surface area contributed by atoms with Gasteiger partial charge in [0.1, 0.15) is 5.75 Å². The minimum absolute atomic E-state index is 0.0492.